The number of ether oxygens (including phenoxy) is 1. The molecule has 34 heavy (non-hydrogen) atoms. The third kappa shape index (κ3) is 3.29. The van der Waals surface area contributed by atoms with Crippen LogP contribution in [0.25, 0.3) is 44.0 Å². The van der Waals surface area contributed by atoms with Crippen molar-refractivity contribution >= 4 is 22.4 Å². The van der Waals surface area contributed by atoms with Crippen molar-refractivity contribution in [2.75, 3.05) is 26.3 Å². The van der Waals surface area contributed by atoms with Crippen LogP contribution in [0, 0.1) is 0 Å². The molecule has 7 rings (SSSR count). The van der Waals surface area contributed by atoms with Gasteiger partial charge in [-0.3, -0.25) is 10.00 Å². The van der Waals surface area contributed by atoms with E-state index in [1.807, 2.05) is 24.5 Å². The largest absolute Gasteiger partial charge is 0.379 e. The Hall–Kier alpha value is -3.33. The maximum atomic E-state index is 5.46. The van der Waals surface area contributed by atoms with Crippen LogP contribution in [0.15, 0.2) is 48.5 Å². The number of nitrogens with one attached hydrogen (secondary N) is 1. The molecule has 7 nitrogen and oxygen atoms in total. The number of aromatic nitrogens is 5. The monoisotopic (exact) mass is 468 g/mol. The number of aromatic amines is 1. The van der Waals surface area contributed by atoms with Crippen LogP contribution in [-0.2, 0) is 24.8 Å². The van der Waals surface area contributed by atoms with Crippen LogP contribution in [0.1, 0.15) is 16.0 Å². The molecule has 0 atom stereocenters. The lowest BCUT2D eigenvalue weighted by atomic mass is 10.1. The molecule has 0 bridgehead atoms. The number of H-pyrrole nitrogens is 1. The zero-order chi connectivity index (χ0) is 22.6. The first-order valence-electron chi connectivity index (χ1n) is 11.6. The van der Waals surface area contributed by atoms with Gasteiger partial charge in [-0.25, -0.2) is 4.68 Å². The van der Waals surface area contributed by atoms with Gasteiger partial charge in [0.15, 0.2) is 0 Å². The fourth-order valence-corrected chi connectivity index (χ4v) is 6.23. The van der Waals surface area contributed by atoms with Crippen LogP contribution in [0.2, 0.25) is 0 Å². The van der Waals surface area contributed by atoms with Crippen molar-refractivity contribution in [3.05, 3.63) is 64.5 Å². The van der Waals surface area contributed by atoms with E-state index in [0.29, 0.717) is 0 Å². The zero-order valence-corrected chi connectivity index (χ0v) is 19.7. The van der Waals surface area contributed by atoms with E-state index in [9.17, 15) is 0 Å². The van der Waals surface area contributed by atoms with Gasteiger partial charge in [0.2, 0.25) is 0 Å². The molecule has 0 radical (unpaired) electrons. The second kappa shape index (κ2) is 7.87. The Labute approximate surface area is 201 Å². The van der Waals surface area contributed by atoms with Gasteiger partial charge in [-0.15, -0.1) is 16.4 Å². The van der Waals surface area contributed by atoms with Crippen molar-refractivity contribution in [2.45, 2.75) is 13.0 Å². The van der Waals surface area contributed by atoms with E-state index in [1.165, 1.54) is 32.0 Å². The maximum absolute atomic E-state index is 5.46. The normalized spacial score (nSPS) is 15.7. The molecule has 2 aliphatic rings. The molecule has 5 aromatic rings. The molecular weight excluding hydrogens is 444 g/mol. The number of aryl methyl sites for hydroxylation is 1. The second-order valence-corrected chi connectivity index (χ2v) is 10.2. The summed E-state index contributed by atoms with van der Waals surface area (Å²) in [5.74, 6) is 0. The Kier molecular flexibility index (Phi) is 4.65. The SMILES string of the molecule is Cn1nnc2ccc(-c3n[nH]c4c3Cc3sc(-c5ccc(CN6CCOCC6)cc5)cc3-4)cc21. The van der Waals surface area contributed by atoms with Crippen LogP contribution in [0.4, 0.5) is 0 Å². The quantitative estimate of drug-likeness (QED) is 0.413. The van der Waals surface area contributed by atoms with Crippen molar-refractivity contribution in [1.29, 1.82) is 0 Å². The fraction of sp³-hybridized carbons (Fsp3) is 0.269. The van der Waals surface area contributed by atoms with Crippen LogP contribution in [0.3, 0.4) is 0 Å². The molecule has 0 unspecified atom stereocenters. The molecule has 4 heterocycles. The molecule has 2 aromatic carbocycles. The van der Waals surface area contributed by atoms with E-state index in [-0.39, 0.29) is 0 Å². The minimum absolute atomic E-state index is 0.839. The molecule has 1 saturated heterocycles. The van der Waals surface area contributed by atoms with Crippen molar-refractivity contribution in [3.63, 3.8) is 0 Å². The Morgan fingerprint density at radius 1 is 1.03 bits per heavy atom. The van der Waals surface area contributed by atoms with Crippen LogP contribution < -0.4 is 0 Å². The molecule has 3 aromatic heterocycles. The molecule has 0 amide bonds. The third-order valence-corrected chi connectivity index (χ3v) is 8.10. The molecule has 0 spiro atoms. The lowest BCUT2D eigenvalue weighted by molar-refractivity contribution is 0.0342. The average molecular weight is 469 g/mol. The molecule has 1 fully saturated rings. The third-order valence-electron chi connectivity index (χ3n) is 6.92. The number of hydrogen-bond donors (Lipinski definition) is 1. The van der Waals surface area contributed by atoms with Crippen LogP contribution >= 0.6 is 11.3 Å². The summed E-state index contributed by atoms with van der Waals surface area (Å²) in [7, 11) is 1.92. The summed E-state index contributed by atoms with van der Waals surface area (Å²) in [4.78, 5) is 5.17. The smallest absolute Gasteiger partial charge is 0.113 e. The summed E-state index contributed by atoms with van der Waals surface area (Å²) < 4.78 is 7.27. The summed E-state index contributed by atoms with van der Waals surface area (Å²) in [6.45, 7) is 4.70. The van der Waals surface area contributed by atoms with Gasteiger partial charge >= 0.3 is 0 Å². The molecular formula is C26H24N6OS. The summed E-state index contributed by atoms with van der Waals surface area (Å²) in [6, 6.07) is 17.6. The predicted molar refractivity (Wildman–Crippen MR) is 134 cm³/mol. The minimum atomic E-state index is 0.839. The first-order chi connectivity index (χ1) is 16.7. The van der Waals surface area contributed by atoms with Gasteiger partial charge in [0, 0.05) is 59.5 Å². The van der Waals surface area contributed by atoms with Crippen molar-refractivity contribution in [1.82, 2.24) is 30.1 Å². The van der Waals surface area contributed by atoms with Gasteiger partial charge in [-0.1, -0.05) is 35.5 Å². The maximum Gasteiger partial charge on any atom is 0.113 e. The van der Waals surface area contributed by atoms with E-state index >= 15 is 0 Å². The van der Waals surface area contributed by atoms with E-state index < -0.39 is 0 Å². The van der Waals surface area contributed by atoms with Gasteiger partial charge in [-0.05, 0) is 29.3 Å². The Bertz CT molecular complexity index is 1510. The number of benzene rings is 2. The highest BCUT2D eigenvalue weighted by molar-refractivity contribution is 7.16. The first kappa shape index (κ1) is 20.1. The van der Waals surface area contributed by atoms with Gasteiger partial charge < -0.3 is 4.74 Å². The van der Waals surface area contributed by atoms with E-state index in [4.69, 9.17) is 9.84 Å². The first-order valence-corrected chi connectivity index (χ1v) is 12.4. The highest BCUT2D eigenvalue weighted by atomic mass is 32.1. The highest BCUT2D eigenvalue weighted by Gasteiger charge is 2.28. The number of morpholine rings is 1. The van der Waals surface area contributed by atoms with Gasteiger partial charge in [-0.2, -0.15) is 5.10 Å². The molecule has 1 N–H and O–H groups in total. The van der Waals surface area contributed by atoms with Crippen molar-refractivity contribution in [3.8, 4) is 33.0 Å². The molecule has 0 saturated carbocycles. The molecule has 1 aliphatic carbocycles. The number of rotatable bonds is 4. The number of thiophene rings is 1. The summed E-state index contributed by atoms with van der Waals surface area (Å²) in [5.41, 5.74) is 10.4. The lowest BCUT2D eigenvalue weighted by Gasteiger charge is -2.26. The zero-order valence-electron chi connectivity index (χ0n) is 18.9. The topological polar surface area (TPSA) is 71.9 Å². The Morgan fingerprint density at radius 2 is 1.85 bits per heavy atom. The Morgan fingerprint density at radius 3 is 2.71 bits per heavy atom. The van der Waals surface area contributed by atoms with E-state index in [1.54, 1.807) is 4.68 Å². The predicted octanol–water partition coefficient (Wildman–Crippen LogP) is 4.49. The second-order valence-electron chi connectivity index (χ2n) is 9.05. The fourth-order valence-electron chi connectivity index (χ4n) is 5.04. The average Bonchev–Trinajstić information content (AvgIpc) is 3.62. The van der Waals surface area contributed by atoms with Crippen LogP contribution in [0.5, 0.6) is 0 Å². The number of fused-ring (bicyclic) bond motifs is 4. The lowest BCUT2D eigenvalue weighted by Crippen LogP contribution is -2.35. The standard InChI is InChI=1S/C26H24N6OS/c1-31-22-12-18(6-7-21(22)27-30-31)25-20-14-24-19(26(20)29-28-25)13-23(34-24)17-4-2-16(3-5-17)15-32-8-10-33-11-9-32/h2-7,12-13H,8-11,14-15H2,1H3,(H,28,29). The summed E-state index contributed by atoms with van der Waals surface area (Å²) in [6.07, 6.45) is 0.915. The minimum Gasteiger partial charge on any atom is -0.379 e. The van der Waals surface area contributed by atoms with E-state index in [2.05, 4.69) is 62.8 Å². The van der Waals surface area contributed by atoms with Gasteiger partial charge in [0.1, 0.15) is 5.52 Å². The number of hydrogen-bond acceptors (Lipinski definition) is 6. The van der Waals surface area contributed by atoms with Gasteiger partial charge in [0.25, 0.3) is 0 Å². The van der Waals surface area contributed by atoms with Crippen molar-refractivity contribution < 1.29 is 4.74 Å². The Balaban J connectivity index is 1.15. The molecule has 170 valence electrons. The van der Waals surface area contributed by atoms with Crippen LogP contribution in [-0.4, -0.2) is 56.4 Å². The van der Waals surface area contributed by atoms with Gasteiger partial charge in [0.05, 0.1) is 30.1 Å². The molecule has 1 aliphatic heterocycles. The van der Waals surface area contributed by atoms with E-state index in [0.717, 1.165) is 67.3 Å². The highest BCUT2D eigenvalue weighted by Crippen LogP contribution is 2.46. The number of nitrogens with zero attached hydrogens (tertiary/aromatic N) is 5. The van der Waals surface area contributed by atoms with Crippen molar-refractivity contribution in [2.24, 2.45) is 7.05 Å². The summed E-state index contributed by atoms with van der Waals surface area (Å²) >= 11 is 1.89. The molecule has 8 heteroatoms. The summed E-state index contributed by atoms with van der Waals surface area (Å²) in [5, 5.41) is 16.3.